The third kappa shape index (κ3) is 2.95. The van der Waals surface area contributed by atoms with Crippen LogP contribution in [0.3, 0.4) is 0 Å². The lowest BCUT2D eigenvalue weighted by Crippen LogP contribution is -2.41. The highest BCUT2D eigenvalue weighted by molar-refractivity contribution is 5.98. The Balaban J connectivity index is 2.05. The summed E-state index contributed by atoms with van der Waals surface area (Å²) in [6, 6.07) is 1.13. The van der Waals surface area contributed by atoms with Crippen molar-refractivity contribution in [2.24, 2.45) is 0 Å². The second kappa shape index (κ2) is 5.30. The summed E-state index contributed by atoms with van der Waals surface area (Å²) in [5.74, 6) is -0.928. The summed E-state index contributed by atoms with van der Waals surface area (Å²) < 4.78 is 18.4. The van der Waals surface area contributed by atoms with Crippen molar-refractivity contribution in [1.29, 1.82) is 0 Å². The van der Waals surface area contributed by atoms with Crippen molar-refractivity contribution >= 4 is 11.7 Å². The number of amides is 1. The van der Waals surface area contributed by atoms with Crippen molar-refractivity contribution in [3.05, 3.63) is 23.6 Å². The average Bonchev–Trinajstić information content (AvgIpc) is 2.32. The van der Waals surface area contributed by atoms with E-state index >= 15 is 0 Å². The Morgan fingerprint density at radius 3 is 3.17 bits per heavy atom. The Morgan fingerprint density at radius 2 is 2.44 bits per heavy atom. The summed E-state index contributed by atoms with van der Waals surface area (Å²) in [7, 11) is 0. The topological polar surface area (TPSA) is 77.2 Å². The molecule has 18 heavy (non-hydrogen) atoms. The second-order valence-electron chi connectivity index (χ2n) is 4.46. The zero-order chi connectivity index (χ0) is 13.1. The Morgan fingerprint density at radius 1 is 1.67 bits per heavy atom. The molecule has 3 N–H and O–H groups in total. The van der Waals surface area contributed by atoms with Crippen LogP contribution in [-0.2, 0) is 4.74 Å². The SMILES string of the molecule is CC1CC(NC(=O)c2cc(F)cnc2N)CCO1. The molecule has 98 valence electrons. The van der Waals surface area contributed by atoms with Gasteiger partial charge in [-0.25, -0.2) is 9.37 Å². The zero-order valence-electron chi connectivity index (χ0n) is 10.1. The fourth-order valence-electron chi connectivity index (χ4n) is 2.02. The average molecular weight is 253 g/mol. The van der Waals surface area contributed by atoms with Gasteiger partial charge in [-0.15, -0.1) is 0 Å². The van der Waals surface area contributed by atoms with E-state index < -0.39 is 11.7 Å². The number of hydrogen-bond acceptors (Lipinski definition) is 4. The van der Waals surface area contributed by atoms with Crippen LogP contribution in [0.5, 0.6) is 0 Å². The molecule has 2 atom stereocenters. The highest BCUT2D eigenvalue weighted by Gasteiger charge is 2.22. The van der Waals surface area contributed by atoms with Crippen LogP contribution in [0.4, 0.5) is 10.2 Å². The second-order valence-corrected chi connectivity index (χ2v) is 4.46. The predicted molar refractivity (Wildman–Crippen MR) is 64.5 cm³/mol. The minimum absolute atomic E-state index is 0.0314. The largest absolute Gasteiger partial charge is 0.383 e. The minimum atomic E-state index is -0.574. The molecular weight excluding hydrogens is 237 g/mol. The van der Waals surface area contributed by atoms with Crippen LogP contribution in [0.25, 0.3) is 0 Å². The number of nitrogen functional groups attached to an aromatic ring is 1. The highest BCUT2D eigenvalue weighted by atomic mass is 19.1. The lowest BCUT2D eigenvalue weighted by atomic mass is 10.0. The quantitative estimate of drug-likeness (QED) is 0.827. The van der Waals surface area contributed by atoms with Gasteiger partial charge in [0.2, 0.25) is 0 Å². The van der Waals surface area contributed by atoms with Gasteiger partial charge < -0.3 is 15.8 Å². The molecule has 1 aliphatic rings. The van der Waals surface area contributed by atoms with E-state index in [0.717, 1.165) is 25.1 Å². The van der Waals surface area contributed by atoms with Gasteiger partial charge in [0, 0.05) is 12.6 Å². The Labute approximate surface area is 105 Å². The molecule has 0 radical (unpaired) electrons. The van der Waals surface area contributed by atoms with Crippen LogP contribution in [-0.4, -0.2) is 29.6 Å². The van der Waals surface area contributed by atoms with Crippen LogP contribution in [0.1, 0.15) is 30.1 Å². The van der Waals surface area contributed by atoms with Gasteiger partial charge in [-0.05, 0) is 25.8 Å². The Hall–Kier alpha value is -1.69. The molecule has 1 aromatic rings. The van der Waals surface area contributed by atoms with E-state index in [1.807, 2.05) is 6.92 Å². The standard InChI is InChI=1S/C12H16FN3O2/c1-7-4-9(2-3-18-7)16-12(17)10-5-8(13)6-15-11(10)14/h5-7,9H,2-4H2,1H3,(H2,14,15)(H,16,17). The number of hydrogen-bond donors (Lipinski definition) is 2. The number of halogens is 1. The first kappa shape index (κ1) is 12.8. The smallest absolute Gasteiger partial charge is 0.255 e. The molecule has 1 amide bonds. The van der Waals surface area contributed by atoms with Crippen molar-refractivity contribution in [1.82, 2.24) is 10.3 Å². The number of carbonyl (C=O) groups excluding carboxylic acids is 1. The maximum Gasteiger partial charge on any atom is 0.255 e. The monoisotopic (exact) mass is 253 g/mol. The third-order valence-corrected chi connectivity index (χ3v) is 2.95. The van der Waals surface area contributed by atoms with E-state index in [9.17, 15) is 9.18 Å². The summed E-state index contributed by atoms with van der Waals surface area (Å²) in [5.41, 5.74) is 5.64. The summed E-state index contributed by atoms with van der Waals surface area (Å²) in [6.45, 7) is 2.57. The first-order chi connectivity index (χ1) is 8.56. The molecule has 1 saturated heterocycles. The number of carbonyl (C=O) groups is 1. The van der Waals surface area contributed by atoms with Crippen LogP contribution in [0, 0.1) is 5.82 Å². The van der Waals surface area contributed by atoms with Crippen molar-refractivity contribution in [3.8, 4) is 0 Å². The van der Waals surface area contributed by atoms with Gasteiger partial charge in [-0.3, -0.25) is 4.79 Å². The summed E-state index contributed by atoms with van der Waals surface area (Å²) >= 11 is 0. The van der Waals surface area contributed by atoms with Crippen molar-refractivity contribution < 1.29 is 13.9 Å². The summed E-state index contributed by atoms with van der Waals surface area (Å²) in [6.07, 6.45) is 2.60. The maximum absolute atomic E-state index is 13.0. The number of nitrogens with two attached hydrogens (primary N) is 1. The fraction of sp³-hybridized carbons (Fsp3) is 0.500. The number of anilines is 1. The van der Waals surface area contributed by atoms with Crippen LogP contribution in [0.2, 0.25) is 0 Å². The molecule has 1 fully saturated rings. The molecule has 5 nitrogen and oxygen atoms in total. The van der Waals surface area contributed by atoms with E-state index in [0.29, 0.717) is 6.61 Å². The lowest BCUT2D eigenvalue weighted by Gasteiger charge is -2.28. The predicted octanol–water partition coefficient (Wildman–Crippen LogP) is 1.10. The number of pyridine rings is 1. The van der Waals surface area contributed by atoms with E-state index in [1.165, 1.54) is 0 Å². The molecule has 1 aromatic heterocycles. The number of aromatic nitrogens is 1. The lowest BCUT2D eigenvalue weighted by molar-refractivity contribution is 0.0136. The molecule has 6 heteroatoms. The molecular formula is C12H16FN3O2. The van der Waals surface area contributed by atoms with Crippen LogP contribution in [0.15, 0.2) is 12.3 Å². The van der Waals surface area contributed by atoms with Gasteiger partial charge in [-0.1, -0.05) is 0 Å². The number of nitrogens with zero attached hydrogens (tertiary/aromatic N) is 1. The summed E-state index contributed by atoms with van der Waals surface area (Å²) in [4.78, 5) is 15.6. The van der Waals surface area contributed by atoms with E-state index in [2.05, 4.69) is 10.3 Å². The highest BCUT2D eigenvalue weighted by Crippen LogP contribution is 2.15. The van der Waals surface area contributed by atoms with Gasteiger partial charge in [0.05, 0.1) is 17.9 Å². The third-order valence-electron chi connectivity index (χ3n) is 2.95. The van der Waals surface area contributed by atoms with E-state index in [4.69, 9.17) is 10.5 Å². The Kier molecular flexibility index (Phi) is 3.76. The van der Waals surface area contributed by atoms with Crippen molar-refractivity contribution in [2.45, 2.75) is 31.9 Å². The molecule has 0 aliphatic carbocycles. The van der Waals surface area contributed by atoms with Crippen LogP contribution >= 0.6 is 0 Å². The number of ether oxygens (including phenoxy) is 1. The Bertz CT molecular complexity index is 453. The van der Waals surface area contributed by atoms with Gasteiger partial charge in [-0.2, -0.15) is 0 Å². The molecule has 2 heterocycles. The number of rotatable bonds is 2. The van der Waals surface area contributed by atoms with Crippen molar-refractivity contribution in [2.75, 3.05) is 12.3 Å². The fourth-order valence-corrected chi connectivity index (χ4v) is 2.02. The molecule has 0 bridgehead atoms. The van der Waals surface area contributed by atoms with Gasteiger partial charge in [0.25, 0.3) is 5.91 Å². The molecule has 2 rings (SSSR count). The first-order valence-electron chi connectivity index (χ1n) is 5.89. The van der Waals surface area contributed by atoms with E-state index in [1.54, 1.807) is 0 Å². The van der Waals surface area contributed by atoms with Gasteiger partial charge in [0.1, 0.15) is 11.6 Å². The molecule has 1 aliphatic heterocycles. The van der Waals surface area contributed by atoms with Crippen molar-refractivity contribution in [3.63, 3.8) is 0 Å². The molecule has 0 spiro atoms. The summed E-state index contributed by atoms with van der Waals surface area (Å²) in [5, 5.41) is 2.83. The van der Waals surface area contributed by atoms with Gasteiger partial charge >= 0.3 is 0 Å². The molecule has 0 aromatic carbocycles. The normalized spacial score (nSPS) is 23.7. The first-order valence-corrected chi connectivity index (χ1v) is 5.89. The zero-order valence-corrected chi connectivity index (χ0v) is 10.1. The van der Waals surface area contributed by atoms with Gasteiger partial charge in [0.15, 0.2) is 0 Å². The molecule has 0 saturated carbocycles. The molecule has 2 unspecified atom stereocenters. The van der Waals surface area contributed by atoms with E-state index in [-0.39, 0.29) is 23.5 Å². The number of nitrogens with one attached hydrogen (secondary N) is 1. The maximum atomic E-state index is 13.0. The van der Waals surface area contributed by atoms with Crippen LogP contribution < -0.4 is 11.1 Å². The minimum Gasteiger partial charge on any atom is -0.383 e.